The Balaban J connectivity index is 1.70. The number of aromatic nitrogens is 2. The zero-order chi connectivity index (χ0) is 17.1. The number of rotatable bonds is 4. The van der Waals surface area contributed by atoms with Gasteiger partial charge in [0.1, 0.15) is 5.82 Å². The number of aromatic amines is 1. The van der Waals surface area contributed by atoms with Crippen LogP contribution in [0.15, 0.2) is 29.1 Å². The number of nitrogens with zero attached hydrogens (tertiary/aromatic N) is 3. The molecule has 2 heterocycles. The Labute approximate surface area is 139 Å². The zero-order valence-electron chi connectivity index (χ0n) is 13.6. The molecule has 1 aliphatic heterocycles. The average molecular weight is 328 g/mol. The van der Waals surface area contributed by atoms with Crippen molar-refractivity contribution in [2.75, 3.05) is 20.1 Å². The molecule has 0 aliphatic carbocycles. The zero-order valence-corrected chi connectivity index (χ0v) is 13.6. The van der Waals surface area contributed by atoms with Crippen molar-refractivity contribution in [2.45, 2.75) is 25.8 Å². The number of likely N-dealkylation sites (tertiary alicyclic amines) is 1. The van der Waals surface area contributed by atoms with Crippen molar-refractivity contribution in [3.8, 4) is 0 Å². The van der Waals surface area contributed by atoms with Crippen LogP contribution in [-0.4, -0.2) is 51.7 Å². The third-order valence-corrected chi connectivity index (χ3v) is 4.22. The Kier molecular flexibility index (Phi) is 4.59. The molecule has 1 aromatic carbocycles. The van der Waals surface area contributed by atoms with E-state index < -0.39 is 0 Å². The Morgan fingerprint density at radius 2 is 2.08 bits per heavy atom. The molecule has 2 aromatic rings. The van der Waals surface area contributed by atoms with Crippen LogP contribution in [0.1, 0.15) is 25.1 Å². The maximum absolute atomic E-state index is 12.3. The van der Waals surface area contributed by atoms with E-state index in [0.717, 1.165) is 12.8 Å². The summed E-state index contributed by atoms with van der Waals surface area (Å²) in [6.07, 6.45) is 2.33. The third-order valence-electron chi connectivity index (χ3n) is 4.22. The number of para-hydroxylation sites is 1. The van der Waals surface area contributed by atoms with Gasteiger partial charge in [0, 0.05) is 20.0 Å². The molecule has 0 bridgehead atoms. The van der Waals surface area contributed by atoms with E-state index in [1.165, 1.54) is 4.90 Å². The fourth-order valence-electron chi connectivity index (χ4n) is 2.84. The molecule has 0 spiro atoms. The van der Waals surface area contributed by atoms with Crippen molar-refractivity contribution in [1.29, 1.82) is 0 Å². The molecule has 24 heavy (non-hydrogen) atoms. The fraction of sp³-hybridized carbons (Fsp3) is 0.412. The number of piperidine rings is 1. The second-order valence-electron chi connectivity index (χ2n) is 6.05. The number of fused-ring (bicyclic) bond motifs is 1. The van der Waals surface area contributed by atoms with Gasteiger partial charge in [-0.25, -0.2) is 4.98 Å². The molecule has 1 saturated heterocycles. The van der Waals surface area contributed by atoms with Crippen LogP contribution in [0.5, 0.6) is 0 Å². The van der Waals surface area contributed by atoms with E-state index in [0.29, 0.717) is 29.7 Å². The Morgan fingerprint density at radius 3 is 2.88 bits per heavy atom. The summed E-state index contributed by atoms with van der Waals surface area (Å²) in [7, 11) is 1.64. The van der Waals surface area contributed by atoms with Gasteiger partial charge in [-0.15, -0.1) is 0 Å². The molecule has 2 amide bonds. The number of amides is 2. The molecule has 1 aliphatic rings. The second kappa shape index (κ2) is 6.82. The topological polar surface area (TPSA) is 86.4 Å². The SMILES string of the molecule is CN(Cc1nc2ccccc2c(=O)[nH]1)C(=O)CN1CCCCC1=O. The largest absolute Gasteiger partial charge is 0.337 e. The smallest absolute Gasteiger partial charge is 0.258 e. The summed E-state index contributed by atoms with van der Waals surface area (Å²) < 4.78 is 0. The first-order valence-corrected chi connectivity index (χ1v) is 8.04. The van der Waals surface area contributed by atoms with Gasteiger partial charge in [-0.1, -0.05) is 12.1 Å². The predicted molar refractivity (Wildman–Crippen MR) is 89.3 cm³/mol. The highest BCUT2D eigenvalue weighted by molar-refractivity contribution is 5.85. The van der Waals surface area contributed by atoms with Crippen LogP contribution < -0.4 is 5.56 Å². The molecular formula is C17H20N4O3. The number of carbonyl (C=O) groups excluding carboxylic acids is 2. The van der Waals surface area contributed by atoms with Crippen molar-refractivity contribution in [2.24, 2.45) is 0 Å². The first-order valence-electron chi connectivity index (χ1n) is 8.04. The van der Waals surface area contributed by atoms with E-state index in [1.807, 2.05) is 6.07 Å². The fourth-order valence-corrected chi connectivity index (χ4v) is 2.84. The van der Waals surface area contributed by atoms with Crippen molar-refractivity contribution in [3.05, 3.63) is 40.4 Å². The summed E-state index contributed by atoms with van der Waals surface area (Å²) in [5, 5.41) is 0.522. The maximum atomic E-state index is 12.3. The van der Waals surface area contributed by atoms with Gasteiger partial charge in [-0.3, -0.25) is 14.4 Å². The number of nitrogens with one attached hydrogen (secondary N) is 1. The predicted octanol–water partition coefficient (Wildman–Crippen LogP) is 0.894. The standard InChI is InChI=1S/C17H20N4O3/c1-20(16(23)11-21-9-5-4-8-15(21)22)10-14-18-13-7-3-2-6-12(13)17(24)19-14/h2-3,6-7H,4-5,8-11H2,1H3,(H,18,19,24). The molecule has 0 unspecified atom stereocenters. The van der Waals surface area contributed by atoms with Gasteiger partial charge in [0.25, 0.3) is 5.56 Å². The highest BCUT2D eigenvalue weighted by atomic mass is 16.2. The number of likely N-dealkylation sites (N-methyl/N-ethyl adjacent to an activating group) is 1. The lowest BCUT2D eigenvalue weighted by Gasteiger charge is -2.28. The lowest BCUT2D eigenvalue weighted by Crippen LogP contribution is -2.43. The van der Waals surface area contributed by atoms with Gasteiger partial charge in [-0.05, 0) is 25.0 Å². The van der Waals surface area contributed by atoms with Gasteiger partial charge in [-0.2, -0.15) is 0 Å². The first kappa shape index (κ1) is 16.2. The van der Waals surface area contributed by atoms with Gasteiger partial charge in [0.15, 0.2) is 0 Å². The molecule has 0 atom stereocenters. The maximum Gasteiger partial charge on any atom is 0.258 e. The Bertz CT molecular complexity index is 830. The van der Waals surface area contributed by atoms with E-state index in [4.69, 9.17) is 0 Å². The molecule has 7 heteroatoms. The van der Waals surface area contributed by atoms with Crippen LogP contribution in [-0.2, 0) is 16.1 Å². The van der Waals surface area contributed by atoms with Crippen LogP contribution >= 0.6 is 0 Å². The summed E-state index contributed by atoms with van der Waals surface area (Å²) >= 11 is 0. The van der Waals surface area contributed by atoms with Crippen LogP contribution in [0, 0.1) is 0 Å². The highest BCUT2D eigenvalue weighted by Crippen LogP contribution is 2.11. The Hall–Kier alpha value is -2.70. The highest BCUT2D eigenvalue weighted by Gasteiger charge is 2.22. The number of carbonyl (C=O) groups is 2. The summed E-state index contributed by atoms with van der Waals surface area (Å²) in [5.74, 6) is 0.292. The van der Waals surface area contributed by atoms with Crippen LogP contribution in [0.25, 0.3) is 10.9 Å². The van der Waals surface area contributed by atoms with E-state index in [1.54, 1.807) is 30.1 Å². The van der Waals surface area contributed by atoms with Gasteiger partial charge < -0.3 is 14.8 Å². The molecule has 1 N–H and O–H groups in total. The van der Waals surface area contributed by atoms with E-state index in [2.05, 4.69) is 9.97 Å². The Morgan fingerprint density at radius 1 is 1.29 bits per heavy atom. The van der Waals surface area contributed by atoms with Crippen molar-refractivity contribution in [1.82, 2.24) is 19.8 Å². The molecule has 7 nitrogen and oxygen atoms in total. The van der Waals surface area contributed by atoms with Gasteiger partial charge in [0.05, 0.1) is 24.0 Å². The third kappa shape index (κ3) is 3.45. The quantitative estimate of drug-likeness (QED) is 0.903. The number of hydrogen-bond donors (Lipinski definition) is 1. The summed E-state index contributed by atoms with van der Waals surface area (Å²) in [4.78, 5) is 46.4. The molecule has 1 fully saturated rings. The monoisotopic (exact) mass is 328 g/mol. The van der Waals surface area contributed by atoms with E-state index in [-0.39, 0.29) is 30.5 Å². The molecule has 0 radical (unpaired) electrons. The minimum Gasteiger partial charge on any atom is -0.337 e. The molecule has 1 aromatic heterocycles. The molecular weight excluding hydrogens is 308 g/mol. The summed E-state index contributed by atoms with van der Waals surface area (Å²) in [5.41, 5.74) is 0.381. The van der Waals surface area contributed by atoms with E-state index in [9.17, 15) is 14.4 Å². The van der Waals surface area contributed by atoms with Crippen molar-refractivity contribution in [3.63, 3.8) is 0 Å². The lowest BCUT2D eigenvalue weighted by molar-refractivity contribution is -0.141. The number of benzene rings is 1. The minimum absolute atomic E-state index is 0.0280. The van der Waals surface area contributed by atoms with Crippen LogP contribution in [0.4, 0.5) is 0 Å². The van der Waals surface area contributed by atoms with Crippen LogP contribution in [0.3, 0.4) is 0 Å². The second-order valence-corrected chi connectivity index (χ2v) is 6.05. The molecule has 0 saturated carbocycles. The molecule has 126 valence electrons. The van der Waals surface area contributed by atoms with Gasteiger partial charge in [0.2, 0.25) is 11.8 Å². The van der Waals surface area contributed by atoms with Crippen LogP contribution in [0.2, 0.25) is 0 Å². The van der Waals surface area contributed by atoms with Gasteiger partial charge >= 0.3 is 0 Å². The lowest BCUT2D eigenvalue weighted by atomic mass is 10.1. The van der Waals surface area contributed by atoms with E-state index >= 15 is 0 Å². The minimum atomic E-state index is -0.220. The van der Waals surface area contributed by atoms with Crippen molar-refractivity contribution >= 4 is 22.7 Å². The summed E-state index contributed by atoms with van der Waals surface area (Å²) in [6.45, 7) is 0.900. The number of H-pyrrole nitrogens is 1. The normalized spacial score (nSPS) is 14.9. The summed E-state index contributed by atoms with van der Waals surface area (Å²) in [6, 6.07) is 7.07. The molecule has 3 rings (SSSR count). The van der Waals surface area contributed by atoms with Crippen molar-refractivity contribution < 1.29 is 9.59 Å². The first-order chi connectivity index (χ1) is 11.5. The average Bonchev–Trinajstić information content (AvgIpc) is 2.57. The number of hydrogen-bond acceptors (Lipinski definition) is 4.